The van der Waals surface area contributed by atoms with Gasteiger partial charge < -0.3 is 19.7 Å². The molecule has 0 aliphatic heterocycles. The Kier molecular flexibility index (Phi) is 4.80. The zero-order valence-corrected chi connectivity index (χ0v) is 12.8. The van der Waals surface area contributed by atoms with Gasteiger partial charge in [-0.1, -0.05) is 25.1 Å². The van der Waals surface area contributed by atoms with E-state index in [2.05, 4.69) is 10.1 Å². The number of ether oxygens (including phenoxy) is 2. The van der Waals surface area contributed by atoms with Gasteiger partial charge in [0.25, 0.3) is 5.89 Å². The first-order valence-electron chi connectivity index (χ1n) is 6.90. The summed E-state index contributed by atoms with van der Waals surface area (Å²) in [6.07, 6.45) is 0. The molecule has 21 heavy (non-hydrogen) atoms. The fourth-order valence-electron chi connectivity index (χ4n) is 1.79. The summed E-state index contributed by atoms with van der Waals surface area (Å²) in [6, 6.07) is 5.55. The molecule has 0 spiro atoms. The lowest BCUT2D eigenvalue weighted by Crippen LogP contribution is -2.06. The lowest BCUT2D eigenvalue weighted by molar-refractivity contribution is 0.233. The number of methoxy groups -OCH3 is 1. The van der Waals surface area contributed by atoms with Crippen LogP contribution in [0.1, 0.15) is 50.0 Å². The topological polar surface area (TPSA) is 83.4 Å². The highest BCUT2D eigenvalue weighted by atomic mass is 16.5. The third-order valence-corrected chi connectivity index (χ3v) is 3.06. The number of nitrogens with zero attached hydrogens (tertiary/aromatic N) is 2. The highest BCUT2D eigenvalue weighted by molar-refractivity contribution is 5.43. The Morgan fingerprint density at radius 3 is 2.57 bits per heavy atom. The quantitative estimate of drug-likeness (QED) is 0.881. The molecule has 1 unspecified atom stereocenters. The maximum absolute atomic E-state index is 5.85. The van der Waals surface area contributed by atoms with Crippen molar-refractivity contribution in [2.45, 2.75) is 39.3 Å². The SMILES string of the molecule is COc1cc(C(C)N)ccc1OCc1nc(C(C)C)no1. The minimum absolute atomic E-state index is 0.0579. The molecule has 2 N–H and O–H groups in total. The molecule has 0 fully saturated rings. The summed E-state index contributed by atoms with van der Waals surface area (Å²) in [4.78, 5) is 4.26. The molecule has 2 aromatic rings. The molecule has 6 heteroatoms. The number of hydrogen-bond acceptors (Lipinski definition) is 6. The fourth-order valence-corrected chi connectivity index (χ4v) is 1.79. The van der Waals surface area contributed by atoms with Crippen molar-refractivity contribution in [2.24, 2.45) is 5.73 Å². The average molecular weight is 291 g/mol. The molecule has 6 nitrogen and oxygen atoms in total. The fraction of sp³-hybridized carbons (Fsp3) is 0.467. The molecule has 1 heterocycles. The molecule has 0 aliphatic carbocycles. The van der Waals surface area contributed by atoms with Gasteiger partial charge in [-0.15, -0.1) is 0 Å². The van der Waals surface area contributed by atoms with Gasteiger partial charge in [-0.3, -0.25) is 0 Å². The van der Waals surface area contributed by atoms with Gasteiger partial charge >= 0.3 is 0 Å². The van der Waals surface area contributed by atoms with Crippen LogP contribution in [0, 0.1) is 0 Å². The summed E-state index contributed by atoms with van der Waals surface area (Å²) >= 11 is 0. The molecule has 2 rings (SSSR count). The Morgan fingerprint density at radius 2 is 2.00 bits per heavy atom. The van der Waals surface area contributed by atoms with Crippen molar-refractivity contribution >= 4 is 0 Å². The van der Waals surface area contributed by atoms with Crippen molar-refractivity contribution in [1.29, 1.82) is 0 Å². The predicted octanol–water partition coefficient (Wildman–Crippen LogP) is 2.80. The van der Waals surface area contributed by atoms with Crippen molar-refractivity contribution in [3.63, 3.8) is 0 Å². The monoisotopic (exact) mass is 291 g/mol. The van der Waals surface area contributed by atoms with Crippen molar-refractivity contribution in [1.82, 2.24) is 10.1 Å². The van der Waals surface area contributed by atoms with Crippen molar-refractivity contribution < 1.29 is 14.0 Å². The second kappa shape index (κ2) is 6.58. The first-order valence-corrected chi connectivity index (χ1v) is 6.90. The third-order valence-electron chi connectivity index (χ3n) is 3.06. The van der Waals surface area contributed by atoms with Crippen LogP contribution in [-0.2, 0) is 6.61 Å². The molecule has 0 aliphatic rings. The van der Waals surface area contributed by atoms with Crippen molar-refractivity contribution in [3.05, 3.63) is 35.5 Å². The van der Waals surface area contributed by atoms with Crippen LogP contribution in [0.15, 0.2) is 22.7 Å². The normalized spacial score (nSPS) is 12.5. The second-order valence-corrected chi connectivity index (χ2v) is 5.19. The summed E-state index contributed by atoms with van der Waals surface area (Å²) in [5.41, 5.74) is 6.84. The third kappa shape index (κ3) is 3.72. The van der Waals surface area contributed by atoms with E-state index in [-0.39, 0.29) is 18.6 Å². The molecule has 1 aromatic heterocycles. The highest BCUT2D eigenvalue weighted by Gasteiger charge is 2.12. The van der Waals surface area contributed by atoms with Gasteiger partial charge in [0.1, 0.15) is 0 Å². The average Bonchev–Trinajstić information content (AvgIpc) is 2.93. The molecule has 0 bridgehead atoms. The number of rotatable bonds is 6. The van der Waals surface area contributed by atoms with Gasteiger partial charge in [0.2, 0.25) is 0 Å². The van der Waals surface area contributed by atoms with Gasteiger partial charge in [0, 0.05) is 12.0 Å². The lowest BCUT2D eigenvalue weighted by atomic mass is 10.1. The molecule has 0 saturated heterocycles. The number of nitrogens with two attached hydrogens (primary N) is 1. The van der Waals surface area contributed by atoms with Crippen LogP contribution in [0.25, 0.3) is 0 Å². The van der Waals surface area contributed by atoms with Gasteiger partial charge in [-0.25, -0.2) is 0 Å². The predicted molar refractivity (Wildman–Crippen MR) is 78.3 cm³/mol. The summed E-state index contributed by atoms with van der Waals surface area (Å²) < 4.78 is 16.1. The van der Waals surface area contributed by atoms with Gasteiger partial charge in [0.15, 0.2) is 23.9 Å². The van der Waals surface area contributed by atoms with Gasteiger partial charge in [-0.2, -0.15) is 4.98 Å². The van der Waals surface area contributed by atoms with Crippen LogP contribution in [0.2, 0.25) is 0 Å². The summed E-state index contributed by atoms with van der Waals surface area (Å²) in [5, 5.41) is 3.89. The minimum Gasteiger partial charge on any atom is -0.493 e. The van der Waals surface area contributed by atoms with E-state index >= 15 is 0 Å². The van der Waals surface area contributed by atoms with E-state index < -0.39 is 0 Å². The first-order chi connectivity index (χ1) is 10.0. The Hall–Kier alpha value is -2.08. The van der Waals surface area contributed by atoms with Crippen LogP contribution < -0.4 is 15.2 Å². The van der Waals surface area contributed by atoms with E-state index in [0.29, 0.717) is 23.2 Å². The smallest absolute Gasteiger partial charge is 0.264 e. The van der Waals surface area contributed by atoms with Crippen molar-refractivity contribution in [2.75, 3.05) is 7.11 Å². The molecule has 114 valence electrons. The van der Waals surface area contributed by atoms with Crippen LogP contribution in [0.5, 0.6) is 11.5 Å². The Labute approximate surface area is 124 Å². The van der Waals surface area contributed by atoms with Crippen LogP contribution in [0.3, 0.4) is 0 Å². The molecule has 1 atom stereocenters. The first kappa shape index (κ1) is 15.3. The van der Waals surface area contributed by atoms with Gasteiger partial charge in [0.05, 0.1) is 7.11 Å². The van der Waals surface area contributed by atoms with E-state index in [1.807, 2.05) is 39.0 Å². The molecule has 0 amide bonds. The van der Waals surface area contributed by atoms with Gasteiger partial charge in [-0.05, 0) is 24.6 Å². The maximum atomic E-state index is 5.85. The van der Waals surface area contributed by atoms with Crippen LogP contribution in [0.4, 0.5) is 0 Å². The van der Waals surface area contributed by atoms with Crippen molar-refractivity contribution in [3.8, 4) is 11.5 Å². The minimum atomic E-state index is -0.0579. The Balaban J connectivity index is 2.08. The van der Waals surface area contributed by atoms with Crippen LogP contribution in [-0.4, -0.2) is 17.3 Å². The standard InChI is InChI=1S/C15H21N3O3/c1-9(2)15-17-14(21-18-15)8-20-12-6-5-11(10(3)16)7-13(12)19-4/h5-7,9-10H,8,16H2,1-4H3. The summed E-state index contributed by atoms with van der Waals surface area (Å²) in [6.45, 7) is 6.13. The van der Waals surface area contributed by atoms with Crippen LogP contribution >= 0.6 is 0 Å². The Morgan fingerprint density at radius 1 is 1.24 bits per heavy atom. The largest absolute Gasteiger partial charge is 0.493 e. The molecular weight excluding hydrogens is 270 g/mol. The second-order valence-electron chi connectivity index (χ2n) is 5.19. The maximum Gasteiger partial charge on any atom is 0.264 e. The van der Waals surface area contributed by atoms with E-state index in [4.69, 9.17) is 19.7 Å². The zero-order chi connectivity index (χ0) is 15.4. The highest BCUT2D eigenvalue weighted by Crippen LogP contribution is 2.30. The van der Waals surface area contributed by atoms with E-state index in [0.717, 1.165) is 5.56 Å². The lowest BCUT2D eigenvalue weighted by Gasteiger charge is -2.12. The molecule has 0 radical (unpaired) electrons. The molecule has 1 aromatic carbocycles. The van der Waals surface area contributed by atoms with E-state index in [1.54, 1.807) is 7.11 Å². The molecular formula is C15H21N3O3. The number of hydrogen-bond donors (Lipinski definition) is 1. The Bertz CT molecular complexity index is 594. The number of aromatic nitrogens is 2. The zero-order valence-electron chi connectivity index (χ0n) is 12.8. The van der Waals surface area contributed by atoms with E-state index in [1.165, 1.54) is 0 Å². The van der Waals surface area contributed by atoms with E-state index in [9.17, 15) is 0 Å². The molecule has 0 saturated carbocycles. The number of benzene rings is 1. The summed E-state index contributed by atoms with van der Waals surface area (Å²) in [5.74, 6) is 2.59. The summed E-state index contributed by atoms with van der Waals surface area (Å²) in [7, 11) is 1.59.